The number of rotatable bonds is 12. The van der Waals surface area contributed by atoms with Crippen LogP contribution in [0.1, 0.15) is 69.5 Å². The van der Waals surface area contributed by atoms with Gasteiger partial charge < -0.3 is 39.5 Å². The molecule has 0 saturated heterocycles. The predicted octanol–water partition coefficient (Wildman–Crippen LogP) is 6.07. The van der Waals surface area contributed by atoms with E-state index in [2.05, 4.69) is 16.7 Å². The van der Waals surface area contributed by atoms with E-state index in [4.69, 9.17) is 14.2 Å². The summed E-state index contributed by atoms with van der Waals surface area (Å²) in [6.45, 7) is 3.82. The van der Waals surface area contributed by atoms with Crippen LogP contribution in [0.4, 0.5) is 22.7 Å². The smallest absolute Gasteiger partial charge is 0.260 e. The molecule has 4 heterocycles. The molecular weight excluding hydrogens is 711 g/mol. The molecule has 4 aromatic carbocycles. The Morgan fingerprint density at radius 3 is 2.09 bits per heavy atom. The first-order chi connectivity index (χ1) is 27.2. The molecular formula is C44H47N5O7. The Balaban J connectivity index is 0.907. The topological polar surface area (TPSA) is 130 Å². The van der Waals surface area contributed by atoms with Crippen molar-refractivity contribution in [2.45, 2.75) is 64.0 Å². The van der Waals surface area contributed by atoms with E-state index < -0.39 is 0 Å². The summed E-state index contributed by atoms with van der Waals surface area (Å²) in [6, 6.07) is 23.0. The molecule has 4 aliphatic heterocycles. The molecule has 0 aromatic heterocycles. The second-order valence-electron chi connectivity index (χ2n) is 14.8. The molecule has 4 aliphatic rings. The largest absolute Gasteiger partial charge is 0.493 e. The van der Waals surface area contributed by atoms with Crippen LogP contribution in [-0.4, -0.2) is 76.2 Å². The fourth-order valence-corrected chi connectivity index (χ4v) is 8.42. The number of aryl methyl sites for hydroxylation is 1. The highest BCUT2D eigenvalue weighted by atomic mass is 16.5. The number of nitrogens with one attached hydrogen (secondary N) is 2. The molecule has 0 saturated carbocycles. The average molecular weight is 758 g/mol. The number of benzene rings is 4. The summed E-state index contributed by atoms with van der Waals surface area (Å²) < 4.78 is 18.2. The van der Waals surface area contributed by atoms with Crippen molar-refractivity contribution in [1.82, 2.24) is 5.32 Å². The Kier molecular flexibility index (Phi) is 10.3. The highest BCUT2D eigenvalue weighted by Crippen LogP contribution is 2.43. The third-order valence-electron chi connectivity index (χ3n) is 11.3. The monoisotopic (exact) mass is 757 g/mol. The first-order valence-electron chi connectivity index (χ1n) is 19.5. The number of unbranched alkanes of at least 4 members (excludes halogenated alkanes) is 2. The van der Waals surface area contributed by atoms with Gasteiger partial charge in [-0.2, -0.15) is 0 Å². The van der Waals surface area contributed by atoms with Gasteiger partial charge in [0.1, 0.15) is 5.75 Å². The average Bonchev–Trinajstić information content (AvgIpc) is 3.71. The molecule has 0 unspecified atom stereocenters. The lowest BCUT2D eigenvalue weighted by atomic mass is 10.1. The number of fused-ring (bicyclic) bond motifs is 8. The van der Waals surface area contributed by atoms with Crippen LogP contribution in [0.2, 0.25) is 0 Å². The Morgan fingerprint density at radius 1 is 0.750 bits per heavy atom. The van der Waals surface area contributed by atoms with Crippen molar-refractivity contribution in [3.63, 3.8) is 0 Å². The lowest BCUT2D eigenvalue weighted by Gasteiger charge is -2.27. The molecule has 0 radical (unpaired) electrons. The van der Waals surface area contributed by atoms with Gasteiger partial charge >= 0.3 is 0 Å². The van der Waals surface area contributed by atoms with Crippen LogP contribution in [-0.2, 0) is 22.4 Å². The lowest BCUT2D eigenvalue weighted by Crippen LogP contribution is -2.44. The first kappa shape index (κ1) is 36.9. The molecule has 4 amide bonds. The van der Waals surface area contributed by atoms with Crippen molar-refractivity contribution in [1.29, 1.82) is 0 Å². The minimum Gasteiger partial charge on any atom is -0.493 e. The number of carbonyl (C=O) groups excluding carboxylic acids is 4. The van der Waals surface area contributed by atoms with Crippen LogP contribution in [0.25, 0.3) is 0 Å². The molecule has 0 bridgehead atoms. The van der Waals surface area contributed by atoms with Gasteiger partial charge in [0, 0.05) is 56.5 Å². The quantitative estimate of drug-likeness (QED) is 0.167. The molecule has 0 aliphatic carbocycles. The number of methoxy groups -OCH3 is 1. The highest BCUT2D eigenvalue weighted by Gasteiger charge is 2.42. The zero-order valence-electron chi connectivity index (χ0n) is 32.1. The molecule has 2 N–H and O–H groups in total. The summed E-state index contributed by atoms with van der Waals surface area (Å²) in [4.78, 5) is 59.1. The molecule has 290 valence electrons. The van der Waals surface area contributed by atoms with Gasteiger partial charge in [-0.25, -0.2) is 0 Å². The lowest BCUT2D eigenvalue weighted by molar-refractivity contribution is -0.124. The Labute approximate surface area is 326 Å². The zero-order valence-corrected chi connectivity index (χ0v) is 32.1. The van der Waals surface area contributed by atoms with Crippen molar-refractivity contribution < 1.29 is 33.4 Å². The van der Waals surface area contributed by atoms with Crippen LogP contribution in [0.5, 0.6) is 17.2 Å². The minimum absolute atomic E-state index is 0.00493. The van der Waals surface area contributed by atoms with E-state index in [0.29, 0.717) is 54.5 Å². The minimum atomic E-state index is -0.252. The normalized spacial score (nSPS) is 17.7. The maximum Gasteiger partial charge on any atom is 0.260 e. The summed E-state index contributed by atoms with van der Waals surface area (Å²) in [5.74, 6) is 0.934. The molecule has 0 spiro atoms. The summed E-state index contributed by atoms with van der Waals surface area (Å²) in [5.41, 5.74) is 7.25. The number of amides is 4. The van der Waals surface area contributed by atoms with Gasteiger partial charge in [-0.05, 0) is 80.0 Å². The van der Waals surface area contributed by atoms with E-state index in [-0.39, 0.29) is 55.1 Å². The van der Waals surface area contributed by atoms with Gasteiger partial charge in [0.2, 0.25) is 11.8 Å². The number of ether oxygens (including phenoxy) is 3. The maximum absolute atomic E-state index is 14.2. The van der Waals surface area contributed by atoms with E-state index in [1.54, 1.807) is 29.0 Å². The van der Waals surface area contributed by atoms with Crippen molar-refractivity contribution in [3.8, 4) is 17.2 Å². The van der Waals surface area contributed by atoms with Gasteiger partial charge in [-0.1, -0.05) is 36.4 Å². The summed E-state index contributed by atoms with van der Waals surface area (Å²) >= 11 is 0. The van der Waals surface area contributed by atoms with E-state index in [1.165, 1.54) is 12.7 Å². The van der Waals surface area contributed by atoms with Crippen LogP contribution >= 0.6 is 0 Å². The number of para-hydroxylation sites is 2. The number of hydrogen-bond acceptors (Lipinski definition) is 8. The van der Waals surface area contributed by atoms with Gasteiger partial charge in [0.15, 0.2) is 11.5 Å². The van der Waals surface area contributed by atoms with E-state index >= 15 is 0 Å². The van der Waals surface area contributed by atoms with Gasteiger partial charge in [-0.3, -0.25) is 19.2 Å². The third kappa shape index (κ3) is 6.88. The summed E-state index contributed by atoms with van der Waals surface area (Å²) in [5, 5.41) is 6.08. The molecule has 56 heavy (non-hydrogen) atoms. The highest BCUT2D eigenvalue weighted by molar-refractivity contribution is 6.15. The van der Waals surface area contributed by atoms with Crippen LogP contribution in [0.15, 0.2) is 72.8 Å². The van der Waals surface area contributed by atoms with Crippen LogP contribution < -0.4 is 39.5 Å². The summed E-state index contributed by atoms with van der Waals surface area (Å²) in [6.07, 6.45) is 3.87. The number of anilines is 4. The molecule has 4 aromatic rings. The standard InChI is InChI=1S/C44H47N5O7/c1-27-19-32-34(46-25-30-20-28-11-5-7-13-35(28)48(30)43(32)52)23-38(27)55-17-9-4-10-18-56-40-24-37-33(22-39(40)54-3)44(53)49-31(21-29-12-6-8-14-36(29)49)26-47(37)42(51)16-15-41(50)45-2/h5-8,11-14,19,22-24,30-31,46H,4,9-10,15-18,20-21,25-26H2,1-3H3,(H,45,50)/t30-,31-/m0/s1. The predicted molar refractivity (Wildman–Crippen MR) is 215 cm³/mol. The van der Waals surface area contributed by atoms with Crippen molar-refractivity contribution in [2.75, 3.05) is 60.5 Å². The first-order valence-corrected chi connectivity index (χ1v) is 19.5. The summed E-state index contributed by atoms with van der Waals surface area (Å²) in [7, 11) is 3.08. The Bertz CT molecular complexity index is 2200. The third-order valence-corrected chi connectivity index (χ3v) is 11.3. The van der Waals surface area contributed by atoms with Crippen molar-refractivity contribution >= 4 is 46.4 Å². The number of nitrogens with zero attached hydrogens (tertiary/aromatic N) is 3. The fourth-order valence-electron chi connectivity index (χ4n) is 8.42. The number of hydrogen-bond donors (Lipinski definition) is 2. The van der Waals surface area contributed by atoms with Gasteiger partial charge in [-0.15, -0.1) is 0 Å². The molecule has 8 rings (SSSR count). The second-order valence-corrected chi connectivity index (χ2v) is 14.8. The molecule has 12 heteroatoms. The SMILES string of the molecule is CNC(=O)CCC(=O)N1C[C@@H]2Cc3ccccc3N2C(=O)c2cc(OC)c(OCCCCCOc3cc4c(cc3C)C(=O)N3c5ccccc5C[C@H]3CN4)cc21. The van der Waals surface area contributed by atoms with E-state index in [1.807, 2.05) is 66.4 Å². The van der Waals surface area contributed by atoms with E-state index in [9.17, 15) is 19.2 Å². The van der Waals surface area contributed by atoms with Crippen molar-refractivity contribution in [2.24, 2.45) is 0 Å². The molecule has 12 nitrogen and oxygen atoms in total. The van der Waals surface area contributed by atoms with Crippen LogP contribution in [0, 0.1) is 6.92 Å². The molecule has 2 atom stereocenters. The van der Waals surface area contributed by atoms with Crippen LogP contribution in [0.3, 0.4) is 0 Å². The van der Waals surface area contributed by atoms with Gasteiger partial charge in [0.25, 0.3) is 11.8 Å². The van der Waals surface area contributed by atoms with Crippen molar-refractivity contribution in [3.05, 3.63) is 101 Å². The van der Waals surface area contributed by atoms with Gasteiger partial charge in [0.05, 0.1) is 54.9 Å². The van der Waals surface area contributed by atoms with E-state index in [0.717, 1.165) is 59.6 Å². The molecule has 0 fully saturated rings. The zero-order chi connectivity index (χ0) is 38.9. The maximum atomic E-state index is 14.2. The Hall–Kier alpha value is -6.04. The number of carbonyl (C=O) groups is 4. The Morgan fingerprint density at radius 2 is 1.39 bits per heavy atom. The second kappa shape index (κ2) is 15.6. The fraction of sp³-hybridized carbons (Fsp3) is 0.364.